The van der Waals surface area contributed by atoms with Crippen LogP contribution in [0.5, 0.6) is 0 Å². The van der Waals surface area contributed by atoms with Crippen molar-refractivity contribution in [2.24, 2.45) is 0 Å². The summed E-state index contributed by atoms with van der Waals surface area (Å²) in [5, 5.41) is 0. The summed E-state index contributed by atoms with van der Waals surface area (Å²) >= 11 is 0. The third kappa shape index (κ3) is 3.41. The highest BCUT2D eigenvalue weighted by atomic mass is 32.2. The molecule has 2 aromatic carbocycles. The fourth-order valence-electron chi connectivity index (χ4n) is 3.92. The second-order valence-electron chi connectivity index (χ2n) is 7.32. The molecule has 3 heterocycles. The molecule has 0 aliphatic carbocycles. The van der Waals surface area contributed by atoms with Crippen LogP contribution in [-0.4, -0.2) is 43.1 Å². The van der Waals surface area contributed by atoms with Crippen LogP contribution < -0.4 is 10.6 Å². The molecule has 1 aliphatic heterocycles. The van der Waals surface area contributed by atoms with Crippen LogP contribution in [-0.2, 0) is 14.6 Å². The van der Waals surface area contributed by atoms with Crippen molar-refractivity contribution in [3.05, 3.63) is 72.6 Å². The summed E-state index contributed by atoms with van der Waals surface area (Å²) in [7, 11) is -3.84. The van der Waals surface area contributed by atoms with E-state index < -0.39 is 9.84 Å². The van der Waals surface area contributed by atoms with Crippen molar-refractivity contribution in [3.8, 4) is 0 Å². The number of hydrogen-bond acceptors (Lipinski definition) is 7. The summed E-state index contributed by atoms with van der Waals surface area (Å²) in [5.41, 5.74) is 8.02. The predicted octanol–water partition coefficient (Wildman–Crippen LogP) is 2.95. The van der Waals surface area contributed by atoms with Crippen LogP contribution in [0.2, 0.25) is 0 Å². The number of sulfone groups is 1. The Morgan fingerprint density at radius 1 is 1.03 bits per heavy atom. The summed E-state index contributed by atoms with van der Waals surface area (Å²) in [6.45, 7) is 1.72. The Hall–Kier alpha value is -3.43. The first-order valence-electron chi connectivity index (χ1n) is 9.89. The smallest absolute Gasteiger partial charge is 0.212 e. The number of rotatable bonds is 4. The topological polar surface area (TPSA) is 114 Å². The summed E-state index contributed by atoms with van der Waals surface area (Å²) in [4.78, 5) is 13.9. The van der Waals surface area contributed by atoms with Gasteiger partial charge in [0.1, 0.15) is 34.2 Å². The first kappa shape index (κ1) is 19.5. The second-order valence-corrected chi connectivity index (χ2v) is 9.21. The monoisotopic (exact) mass is 435 g/mol. The van der Waals surface area contributed by atoms with Gasteiger partial charge in [-0.3, -0.25) is 0 Å². The molecule has 3 N–H and O–H groups in total. The van der Waals surface area contributed by atoms with E-state index in [1.807, 2.05) is 30.3 Å². The van der Waals surface area contributed by atoms with Gasteiger partial charge in [0.2, 0.25) is 9.84 Å². The minimum atomic E-state index is -3.84. The number of nitrogens with one attached hydrogen (secondary N) is 1. The number of aromatic amines is 1. The molecule has 0 unspecified atom stereocenters. The van der Waals surface area contributed by atoms with Gasteiger partial charge < -0.3 is 20.4 Å². The third-order valence-corrected chi connectivity index (χ3v) is 7.25. The fourth-order valence-corrected chi connectivity index (χ4v) is 5.42. The Kier molecular flexibility index (Phi) is 4.84. The molecule has 2 aromatic heterocycles. The Bertz CT molecular complexity index is 1320. The van der Waals surface area contributed by atoms with Gasteiger partial charge >= 0.3 is 0 Å². The lowest BCUT2D eigenvalue weighted by molar-refractivity contribution is 0.0396. The zero-order valence-corrected chi connectivity index (χ0v) is 17.4. The first-order valence-corrected chi connectivity index (χ1v) is 11.4. The minimum Gasteiger partial charge on any atom is -0.384 e. The molecule has 0 radical (unpaired) electrons. The van der Waals surface area contributed by atoms with Crippen LogP contribution in [0, 0.1) is 0 Å². The van der Waals surface area contributed by atoms with Crippen LogP contribution in [0.25, 0.3) is 11.0 Å². The van der Waals surface area contributed by atoms with Crippen molar-refractivity contribution in [1.82, 2.24) is 15.0 Å². The second kappa shape index (κ2) is 7.68. The molecule has 0 saturated carbocycles. The van der Waals surface area contributed by atoms with Crippen LogP contribution >= 0.6 is 0 Å². The molecule has 0 spiro atoms. The zero-order valence-electron chi connectivity index (χ0n) is 16.6. The number of morpholine rings is 1. The molecule has 1 saturated heterocycles. The number of H-pyrrole nitrogens is 1. The number of benzene rings is 2. The highest BCUT2D eigenvalue weighted by Gasteiger charge is 2.30. The molecule has 4 aromatic rings. The Labute approximate surface area is 179 Å². The summed E-state index contributed by atoms with van der Waals surface area (Å²) in [6, 6.07) is 18.2. The van der Waals surface area contributed by atoms with Crippen molar-refractivity contribution >= 4 is 32.5 Å². The molecule has 1 aliphatic rings. The lowest BCUT2D eigenvalue weighted by Crippen LogP contribution is -2.39. The van der Waals surface area contributed by atoms with Crippen molar-refractivity contribution in [1.29, 1.82) is 0 Å². The van der Waals surface area contributed by atoms with Crippen molar-refractivity contribution in [2.45, 2.75) is 15.9 Å². The highest BCUT2D eigenvalue weighted by Crippen LogP contribution is 2.36. The average Bonchev–Trinajstić information content (AvgIpc) is 3.17. The summed E-state index contributed by atoms with van der Waals surface area (Å²) in [5.74, 6) is 0.656. The quantitative estimate of drug-likeness (QED) is 0.506. The van der Waals surface area contributed by atoms with Gasteiger partial charge in [-0.05, 0) is 17.7 Å². The number of nitrogen functional groups attached to an aromatic ring is 1. The molecule has 9 heteroatoms. The van der Waals surface area contributed by atoms with E-state index in [-0.39, 0.29) is 27.2 Å². The lowest BCUT2D eigenvalue weighted by atomic mass is 10.1. The van der Waals surface area contributed by atoms with Gasteiger partial charge in [0.05, 0.1) is 11.5 Å². The minimum absolute atomic E-state index is 0.0229. The maximum absolute atomic E-state index is 13.3. The summed E-state index contributed by atoms with van der Waals surface area (Å²) in [6.07, 6.45) is 1.27. The van der Waals surface area contributed by atoms with E-state index in [0.717, 1.165) is 5.56 Å². The molecule has 158 valence electrons. The van der Waals surface area contributed by atoms with Gasteiger partial charge in [0.25, 0.3) is 0 Å². The largest absolute Gasteiger partial charge is 0.384 e. The first-order chi connectivity index (χ1) is 15.1. The van der Waals surface area contributed by atoms with Gasteiger partial charge in [0, 0.05) is 13.1 Å². The van der Waals surface area contributed by atoms with E-state index in [1.165, 1.54) is 6.33 Å². The molecule has 8 nitrogen and oxygen atoms in total. The van der Waals surface area contributed by atoms with E-state index in [1.54, 1.807) is 30.3 Å². The fraction of sp³-hybridized carbons (Fsp3) is 0.182. The van der Waals surface area contributed by atoms with E-state index in [2.05, 4.69) is 19.9 Å². The molecular weight excluding hydrogens is 414 g/mol. The Balaban J connectivity index is 1.57. The van der Waals surface area contributed by atoms with Crippen molar-refractivity contribution in [2.75, 3.05) is 30.3 Å². The van der Waals surface area contributed by atoms with E-state index in [0.29, 0.717) is 31.0 Å². The van der Waals surface area contributed by atoms with E-state index in [4.69, 9.17) is 10.5 Å². The van der Waals surface area contributed by atoms with Crippen LogP contribution in [0.4, 0.5) is 11.6 Å². The molecular formula is C22H21N5O3S. The number of hydrogen-bond donors (Lipinski definition) is 2. The van der Waals surface area contributed by atoms with Gasteiger partial charge in [-0.1, -0.05) is 48.5 Å². The number of aromatic nitrogens is 3. The van der Waals surface area contributed by atoms with E-state index >= 15 is 0 Å². The van der Waals surface area contributed by atoms with Gasteiger partial charge in [-0.2, -0.15) is 0 Å². The molecule has 0 amide bonds. The SMILES string of the molecule is Nc1[nH]c2c(N3CCO[C@@H](c4ccccc4)C3)ncnc2c1S(=O)(=O)c1ccccc1. The van der Waals surface area contributed by atoms with Crippen LogP contribution in [0.1, 0.15) is 11.7 Å². The molecule has 0 bridgehead atoms. The molecule has 5 rings (SSSR count). The zero-order chi connectivity index (χ0) is 21.4. The Morgan fingerprint density at radius 2 is 1.74 bits per heavy atom. The number of nitrogens with two attached hydrogens (primary N) is 1. The number of anilines is 2. The van der Waals surface area contributed by atoms with Gasteiger partial charge in [-0.15, -0.1) is 0 Å². The maximum atomic E-state index is 13.3. The van der Waals surface area contributed by atoms with E-state index in [9.17, 15) is 8.42 Å². The predicted molar refractivity (Wildman–Crippen MR) is 118 cm³/mol. The molecule has 31 heavy (non-hydrogen) atoms. The maximum Gasteiger partial charge on any atom is 0.212 e. The lowest BCUT2D eigenvalue weighted by Gasteiger charge is -2.34. The number of fused-ring (bicyclic) bond motifs is 1. The average molecular weight is 436 g/mol. The van der Waals surface area contributed by atoms with Crippen LogP contribution in [0.3, 0.4) is 0 Å². The highest BCUT2D eigenvalue weighted by molar-refractivity contribution is 7.92. The normalized spacial score (nSPS) is 17.2. The molecule has 1 atom stereocenters. The summed E-state index contributed by atoms with van der Waals surface area (Å²) < 4.78 is 32.5. The Morgan fingerprint density at radius 3 is 2.48 bits per heavy atom. The molecule has 1 fully saturated rings. The van der Waals surface area contributed by atoms with Crippen molar-refractivity contribution < 1.29 is 13.2 Å². The van der Waals surface area contributed by atoms with Gasteiger partial charge in [0.15, 0.2) is 5.82 Å². The van der Waals surface area contributed by atoms with Gasteiger partial charge in [-0.25, -0.2) is 18.4 Å². The number of nitrogens with zero attached hydrogens (tertiary/aromatic N) is 3. The number of ether oxygens (including phenoxy) is 1. The van der Waals surface area contributed by atoms with Crippen molar-refractivity contribution in [3.63, 3.8) is 0 Å². The van der Waals surface area contributed by atoms with Crippen LogP contribution in [0.15, 0.2) is 76.8 Å². The third-order valence-electron chi connectivity index (χ3n) is 5.41. The standard InChI is InChI=1S/C22H21N5O3S/c23-21-20(31(28,29)16-9-5-2-6-10-16)18-19(26-21)22(25-14-24-18)27-11-12-30-17(13-27)15-7-3-1-4-8-15/h1-10,14,17,26H,11-13,23H2/t17-/m1/s1.